The predicted molar refractivity (Wildman–Crippen MR) is 262 cm³/mol. The summed E-state index contributed by atoms with van der Waals surface area (Å²) in [5.74, 6) is 1.01. The molecule has 0 saturated heterocycles. The van der Waals surface area contributed by atoms with Gasteiger partial charge in [0.05, 0.1) is 43.9 Å². The van der Waals surface area contributed by atoms with E-state index in [4.69, 9.17) is 24.9 Å². The number of nitrogens with one attached hydrogen (secondary N) is 1. The second-order valence-corrected chi connectivity index (χ2v) is 18.4. The van der Waals surface area contributed by atoms with Crippen LogP contribution in [-0.2, 0) is 5.41 Å². The SMILES string of the molecule is C1=CSC(c2ccc3c(c2)C(c2ccc(-c4ccc5ccc6cccnc6c5n4)cc2)(c2ccc(-c4ccc5ccc6cccnc6c5n4)cc2)c2cc(C4=NCCS4)ccc2-3)N1. The lowest BCUT2D eigenvalue weighted by Crippen LogP contribution is -2.29. The van der Waals surface area contributed by atoms with E-state index in [0.29, 0.717) is 0 Å². The number of fused-ring (bicyclic) bond motifs is 9. The molecule has 298 valence electrons. The number of benzene rings is 6. The Balaban J connectivity index is 1.01. The van der Waals surface area contributed by atoms with Gasteiger partial charge in [-0.3, -0.25) is 15.0 Å². The van der Waals surface area contributed by atoms with E-state index >= 15 is 0 Å². The molecule has 6 heterocycles. The van der Waals surface area contributed by atoms with Crippen LogP contribution in [0.25, 0.3) is 77.3 Å². The molecule has 0 radical (unpaired) electrons. The van der Waals surface area contributed by atoms with Crippen molar-refractivity contribution in [1.29, 1.82) is 0 Å². The topological polar surface area (TPSA) is 76.0 Å². The van der Waals surface area contributed by atoms with Crippen LogP contribution >= 0.6 is 23.5 Å². The summed E-state index contributed by atoms with van der Waals surface area (Å²) in [5, 5.41) is 11.3. The Morgan fingerprint density at radius 2 is 1.06 bits per heavy atom. The minimum absolute atomic E-state index is 0.135. The first-order valence-corrected chi connectivity index (χ1v) is 23.2. The van der Waals surface area contributed by atoms with Crippen molar-refractivity contribution in [3.8, 4) is 33.6 Å². The number of hydrogen-bond acceptors (Lipinski definition) is 8. The zero-order valence-corrected chi connectivity index (χ0v) is 35.5. The van der Waals surface area contributed by atoms with Gasteiger partial charge in [0.2, 0.25) is 0 Å². The van der Waals surface area contributed by atoms with Crippen LogP contribution in [0.5, 0.6) is 0 Å². The number of hydrogen-bond donors (Lipinski definition) is 1. The predicted octanol–water partition coefficient (Wildman–Crippen LogP) is 12.9. The normalized spacial score (nSPS) is 16.1. The van der Waals surface area contributed by atoms with Gasteiger partial charge in [0, 0.05) is 69.1 Å². The van der Waals surface area contributed by atoms with E-state index in [9.17, 15) is 0 Å². The van der Waals surface area contributed by atoms with E-state index in [1.54, 1.807) is 11.8 Å². The van der Waals surface area contributed by atoms with Gasteiger partial charge in [0.1, 0.15) is 5.37 Å². The fraction of sp³-hybridized carbons (Fsp3) is 0.0727. The van der Waals surface area contributed by atoms with Gasteiger partial charge in [-0.1, -0.05) is 127 Å². The van der Waals surface area contributed by atoms with Gasteiger partial charge in [-0.15, -0.1) is 23.5 Å². The third kappa shape index (κ3) is 5.78. The van der Waals surface area contributed by atoms with Crippen LogP contribution in [0.3, 0.4) is 0 Å². The van der Waals surface area contributed by atoms with Crippen LogP contribution in [0, 0.1) is 0 Å². The Hall–Kier alpha value is -7.13. The number of nitrogens with zero attached hydrogens (tertiary/aromatic N) is 5. The highest BCUT2D eigenvalue weighted by Crippen LogP contribution is 2.57. The lowest BCUT2D eigenvalue weighted by molar-refractivity contribution is 0.763. The molecule has 13 rings (SSSR count). The van der Waals surface area contributed by atoms with Crippen LogP contribution in [0.4, 0.5) is 0 Å². The maximum atomic E-state index is 5.23. The summed E-state index contributed by atoms with van der Waals surface area (Å²) in [7, 11) is 0. The monoisotopic (exact) mass is 844 g/mol. The zero-order chi connectivity index (χ0) is 41.5. The molecule has 0 spiro atoms. The molecule has 0 bridgehead atoms. The van der Waals surface area contributed by atoms with Crippen molar-refractivity contribution in [3.05, 3.63) is 215 Å². The maximum absolute atomic E-state index is 5.23. The van der Waals surface area contributed by atoms with Crippen molar-refractivity contribution < 1.29 is 0 Å². The summed E-state index contributed by atoms with van der Waals surface area (Å²) < 4.78 is 0. The molecule has 6 nitrogen and oxygen atoms in total. The van der Waals surface area contributed by atoms with E-state index in [1.807, 2.05) is 42.5 Å². The van der Waals surface area contributed by atoms with E-state index < -0.39 is 5.41 Å². The molecule has 0 amide bonds. The highest BCUT2D eigenvalue weighted by Gasteiger charge is 2.47. The maximum Gasteiger partial charge on any atom is 0.102 e. The van der Waals surface area contributed by atoms with E-state index in [0.717, 1.165) is 83.5 Å². The second kappa shape index (κ2) is 14.5. The Morgan fingerprint density at radius 3 is 1.62 bits per heavy atom. The van der Waals surface area contributed by atoms with Crippen molar-refractivity contribution in [2.24, 2.45) is 4.99 Å². The molecule has 3 aliphatic rings. The molecule has 63 heavy (non-hydrogen) atoms. The standard InChI is InChI=1S/C55H36N6S2/c1-3-35-5-7-37-15-23-47(60-51(37)49(35)56-25-1)33-9-17-41(18-10-33)55(42-19-11-34(12-20-42)48-24-16-38-8-6-36-4-2-26-57-50(36)52(38)61-48)45-31-39(53-58-27-29-62-53)13-21-43(45)44-22-14-40(32-46(44)55)54-59-28-30-63-54/h1-27,29,31-32,53,58H,28,30H2. The summed E-state index contributed by atoms with van der Waals surface area (Å²) in [5.41, 5.74) is 16.8. The summed E-state index contributed by atoms with van der Waals surface area (Å²) in [4.78, 5) is 24.9. The third-order valence-corrected chi connectivity index (χ3v) is 14.9. The molecule has 10 aromatic rings. The molecule has 8 heteroatoms. The largest absolute Gasteiger partial charge is 0.375 e. The first-order valence-electron chi connectivity index (χ1n) is 21.2. The van der Waals surface area contributed by atoms with Crippen LogP contribution < -0.4 is 5.32 Å². The third-order valence-electron chi connectivity index (χ3n) is 12.9. The fourth-order valence-electron chi connectivity index (χ4n) is 9.95. The smallest absolute Gasteiger partial charge is 0.102 e. The first kappa shape index (κ1) is 36.5. The van der Waals surface area contributed by atoms with E-state index in [2.05, 4.69) is 156 Å². The van der Waals surface area contributed by atoms with E-state index in [-0.39, 0.29) is 5.37 Å². The van der Waals surface area contributed by atoms with Crippen molar-refractivity contribution in [2.75, 3.05) is 12.3 Å². The molecule has 6 aromatic carbocycles. The molecule has 1 atom stereocenters. The molecule has 0 fully saturated rings. The summed E-state index contributed by atoms with van der Waals surface area (Å²) in [6, 6.07) is 57.6. The van der Waals surface area contributed by atoms with Gasteiger partial charge < -0.3 is 5.32 Å². The van der Waals surface area contributed by atoms with Crippen LogP contribution in [-0.4, -0.2) is 37.3 Å². The van der Waals surface area contributed by atoms with Gasteiger partial charge in [-0.2, -0.15) is 0 Å². The average molecular weight is 845 g/mol. The van der Waals surface area contributed by atoms with Crippen molar-refractivity contribution in [1.82, 2.24) is 25.3 Å². The molecule has 0 saturated carbocycles. The fourth-order valence-corrected chi connectivity index (χ4v) is 11.6. The van der Waals surface area contributed by atoms with Crippen molar-refractivity contribution >= 4 is 72.2 Å². The van der Waals surface area contributed by atoms with Crippen LogP contribution in [0.1, 0.15) is 38.8 Å². The lowest BCUT2D eigenvalue weighted by Gasteiger charge is -2.35. The highest BCUT2D eigenvalue weighted by molar-refractivity contribution is 8.14. The number of rotatable bonds is 6. The molecule has 2 aliphatic heterocycles. The Bertz CT molecular complexity index is 3390. The first-order chi connectivity index (χ1) is 31.2. The highest BCUT2D eigenvalue weighted by atomic mass is 32.2. The molecule has 1 unspecified atom stereocenters. The lowest BCUT2D eigenvalue weighted by atomic mass is 9.67. The molecular formula is C55H36N6S2. The minimum Gasteiger partial charge on any atom is -0.375 e. The summed E-state index contributed by atoms with van der Waals surface area (Å²) >= 11 is 3.65. The zero-order valence-electron chi connectivity index (χ0n) is 33.9. The Kier molecular flexibility index (Phi) is 8.39. The van der Waals surface area contributed by atoms with Crippen LogP contribution in [0.15, 0.2) is 187 Å². The van der Waals surface area contributed by atoms with Crippen molar-refractivity contribution in [3.63, 3.8) is 0 Å². The van der Waals surface area contributed by atoms with Gasteiger partial charge in [-0.05, 0) is 74.7 Å². The molecule has 1 aliphatic carbocycles. The van der Waals surface area contributed by atoms with Crippen LogP contribution in [0.2, 0.25) is 0 Å². The van der Waals surface area contributed by atoms with E-state index in [1.165, 1.54) is 44.5 Å². The average Bonchev–Trinajstić information content (AvgIpc) is 4.15. The van der Waals surface area contributed by atoms with Crippen molar-refractivity contribution in [2.45, 2.75) is 10.8 Å². The number of aromatic nitrogens is 4. The number of thioether (sulfide) groups is 2. The second-order valence-electron chi connectivity index (χ2n) is 16.3. The Labute approximate surface area is 372 Å². The Morgan fingerprint density at radius 1 is 0.524 bits per heavy atom. The number of pyridine rings is 4. The van der Waals surface area contributed by atoms with Gasteiger partial charge in [0.15, 0.2) is 0 Å². The summed E-state index contributed by atoms with van der Waals surface area (Å²) in [6.07, 6.45) is 5.74. The number of aliphatic imine (C=N–C) groups is 1. The molecule has 1 N–H and O–H groups in total. The molecule has 4 aromatic heterocycles. The minimum atomic E-state index is -0.651. The van der Waals surface area contributed by atoms with Gasteiger partial charge >= 0.3 is 0 Å². The summed E-state index contributed by atoms with van der Waals surface area (Å²) in [6.45, 7) is 0.845. The van der Waals surface area contributed by atoms with Gasteiger partial charge in [0.25, 0.3) is 0 Å². The quantitative estimate of drug-likeness (QED) is 0.167. The van der Waals surface area contributed by atoms with Gasteiger partial charge in [-0.25, -0.2) is 9.97 Å². The molecular weight excluding hydrogens is 809 g/mol.